The van der Waals surface area contributed by atoms with E-state index in [4.69, 9.17) is 4.74 Å². The normalized spacial score (nSPS) is 11.5. The third kappa shape index (κ3) is 6.43. The third-order valence-electron chi connectivity index (χ3n) is 4.60. The van der Waals surface area contributed by atoms with E-state index in [2.05, 4.69) is 27.4 Å². The molecule has 3 rings (SSSR count). The molecule has 0 bridgehead atoms. The molecule has 33 heavy (non-hydrogen) atoms. The van der Waals surface area contributed by atoms with Crippen LogP contribution in [0.4, 0.5) is 5.69 Å². The molecule has 172 valence electrons. The molecule has 0 unspecified atom stereocenters. The number of hydrogen-bond donors (Lipinski definition) is 3. The smallest absolute Gasteiger partial charge is 0.251 e. The predicted octanol–water partition coefficient (Wildman–Crippen LogP) is 2.67. The SMILES string of the molecule is C=CCn1c(SCC(=O)Nc2ccccc2)nnc1[C@H](CO)NC(=O)c1ccc(OC)cc1. The van der Waals surface area contributed by atoms with Crippen molar-refractivity contribution >= 4 is 29.3 Å². The van der Waals surface area contributed by atoms with Crippen LogP contribution in [0.2, 0.25) is 0 Å². The number of para-hydroxylation sites is 1. The number of nitrogens with one attached hydrogen (secondary N) is 2. The van der Waals surface area contributed by atoms with Crippen molar-refractivity contribution in [1.29, 1.82) is 0 Å². The number of aliphatic hydroxyl groups is 1. The minimum atomic E-state index is -0.792. The van der Waals surface area contributed by atoms with Crippen LogP contribution in [0, 0.1) is 0 Å². The minimum Gasteiger partial charge on any atom is -0.497 e. The summed E-state index contributed by atoms with van der Waals surface area (Å²) in [5, 5.41) is 24.3. The Balaban J connectivity index is 1.69. The summed E-state index contributed by atoms with van der Waals surface area (Å²) in [6.07, 6.45) is 1.65. The largest absolute Gasteiger partial charge is 0.497 e. The lowest BCUT2D eigenvalue weighted by atomic mass is 10.2. The number of anilines is 1. The molecular weight excluding hydrogens is 442 g/mol. The van der Waals surface area contributed by atoms with E-state index in [1.165, 1.54) is 11.8 Å². The van der Waals surface area contributed by atoms with Crippen LogP contribution in [0.5, 0.6) is 5.75 Å². The predicted molar refractivity (Wildman–Crippen MR) is 126 cm³/mol. The molecule has 0 spiro atoms. The molecule has 0 aliphatic carbocycles. The number of methoxy groups -OCH3 is 1. The molecule has 0 aliphatic rings. The first-order valence-corrected chi connectivity index (χ1v) is 11.1. The Hall–Kier alpha value is -3.63. The number of carbonyl (C=O) groups excluding carboxylic acids is 2. The number of thioether (sulfide) groups is 1. The zero-order chi connectivity index (χ0) is 23.6. The van der Waals surface area contributed by atoms with E-state index >= 15 is 0 Å². The van der Waals surface area contributed by atoms with Crippen LogP contribution in [0.25, 0.3) is 0 Å². The van der Waals surface area contributed by atoms with E-state index < -0.39 is 6.04 Å². The van der Waals surface area contributed by atoms with Crippen molar-refractivity contribution < 1.29 is 19.4 Å². The Kier molecular flexibility index (Phi) is 8.62. The number of allylic oxidation sites excluding steroid dienone is 1. The van der Waals surface area contributed by atoms with Gasteiger partial charge in [-0.2, -0.15) is 0 Å². The van der Waals surface area contributed by atoms with Crippen LogP contribution in [-0.2, 0) is 11.3 Å². The molecule has 2 aromatic carbocycles. The second kappa shape index (κ2) is 11.8. The molecular formula is C23H25N5O4S. The summed E-state index contributed by atoms with van der Waals surface area (Å²) in [7, 11) is 1.55. The highest BCUT2D eigenvalue weighted by Gasteiger charge is 2.23. The Labute approximate surface area is 195 Å². The summed E-state index contributed by atoms with van der Waals surface area (Å²) in [6.45, 7) is 3.72. The van der Waals surface area contributed by atoms with E-state index in [-0.39, 0.29) is 24.2 Å². The highest BCUT2D eigenvalue weighted by molar-refractivity contribution is 7.99. The lowest BCUT2D eigenvalue weighted by molar-refractivity contribution is -0.113. The van der Waals surface area contributed by atoms with E-state index in [0.717, 1.165) is 0 Å². The van der Waals surface area contributed by atoms with Gasteiger partial charge in [0.1, 0.15) is 11.8 Å². The van der Waals surface area contributed by atoms with Gasteiger partial charge < -0.3 is 25.0 Å². The first kappa shape index (κ1) is 24.0. The zero-order valence-electron chi connectivity index (χ0n) is 18.1. The number of benzene rings is 2. The van der Waals surface area contributed by atoms with Crippen molar-refractivity contribution in [1.82, 2.24) is 20.1 Å². The van der Waals surface area contributed by atoms with E-state index in [0.29, 0.717) is 34.5 Å². The van der Waals surface area contributed by atoms with Crippen molar-refractivity contribution in [2.75, 3.05) is 24.8 Å². The molecule has 3 N–H and O–H groups in total. The van der Waals surface area contributed by atoms with Gasteiger partial charge in [-0.05, 0) is 36.4 Å². The van der Waals surface area contributed by atoms with Crippen molar-refractivity contribution in [3.8, 4) is 5.75 Å². The number of aromatic nitrogens is 3. The Morgan fingerprint density at radius 3 is 2.55 bits per heavy atom. The van der Waals surface area contributed by atoms with E-state index in [1.54, 1.807) is 54.2 Å². The minimum absolute atomic E-state index is 0.117. The maximum absolute atomic E-state index is 12.7. The molecule has 2 amide bonds. The van der Waals surface area contributed by atoms with Gasteiger partial charge in [-0.25, -0.2) is 0 Å². The summed E-state index contributed by atoms with van der Waals surface area (Å²) in [5.74, 6) is 0.555. The number of aliphatic hydroxyl groups excluding tert-OH is 1. The summed E-state index contributed by atoms with van der Waals surface area (Å²) in [4.78, 5) is 24.9. The third-order valence-corrected chi connectivity index (χ3v) is 5.57. The van der Waals surface area contributed by atoms with E-state index in [1.807, 2.05) is 18.2 Å². The van der Waals surface area contributed by atoms with Gasteiger partial charge in [-0.15, -0.1) is 16.8 Å². The van der Waals surface area contributed by atoms with Gasteiger partial charge in [0.15, 0.2) is 11.0 Å². The molecule has 3 aromatic rings. The average Bonchev–Trinajstić information content (AvgIpc) is 3.24. The van der Waals surface area contributed by atoms with Crippen molar-refractivity contribution in [3.05, 3.63) is 78.6 Å². The lowest BCUT2D eigenvalue weighted by Crippen LogP contribution is -2.33. The van der Waals surface area contributed by atoms with Crippen LogP contribution in [-0.4, -0.2) is 51.2 Å². The molecule has 0 saturated carbocycles. The van der Waals surface area contributed by atoms with Crippen LogP contribution >= 0.6 is 11.8 Å². The van der Waals surface area contributed by atoms with Crippen LogP contribution < -0.4 is 15.4 Å². The molecule has 0 saturated heterocycles. The summed E-state index contributed by atoms with van der Waals surface area (Å²) >= 11 is 1.20. The number of amides is 2. The molecule has 10 heteroatoms. The fourth-order valence-electron chi connectivity index (χ4n) is 2.99. The monoisotopic (exact) mass is 467 g/mol. The number of ether oxygens (including phenoxy) is 1. The Morgan fingerprint density at radius 2 is 1.91 bits per heavy atom. The first-order chi connectivity index (χ1) is 16.0. The number of hydrogen-bond acceptors (Lipinski definition) is 7. The number of carbonyl (C=O) groups is 2. The van der Waals surface area contributed by atoms with Gasteiger partial charge >= 0.3 is 0 Å². The fraction of sp³-hybridized carbons (Fsp3) is 0.217. The number of nitrogens with zero attached hydrogens (tertiary/aromatic N) is 3. The first-order valence-electron chi connectivity index (χ1n) is 10.1. The highest BCUT2D eigenvalue weighted by atomic mass is 32.2. The Bertz CT molecular complexity index is 1090. The molecule has 1 atom stereocenters. The van der Waals surface area contributed by atoms with Crippen LogP contribution in [0.15, 0.2) is 72.4 Å². The highest BCUT2D eigenvalue weighted by Crippen LogP contribution is 2.22. The molecule has 9 nitrogen and oxygen atoms in total. The van der Waals surface area contributed by atoms with Gasteiger partial charge in [0.25, 0.3) is 5.91 Å². The lowest BCUT2D eigenvalue weighted by Gasteiger charge is -2.17. The van der Waals surface area contributed by atoms with Gasteiger partial charge in [0, 0.05) is 17.8 Å². The summed E-state index contributed by atoms with van der Waals surface area (Å²) in [5.41, 5.74) is 1.12. The maximum atomic E-state index is 12.7. The number of rotatable bonds is 11. The molecule has 0 radical (unpaired) electrons. The Morgan fingerprint density at radius 1 is 1.18 bits per heavy atom. The molecule has 1 heterocycles. The fourth-order valence-corrected chi connectivity index (χ4v) is 3.74. The quantitative estimate of drug-likeness (QED) is 0.293. The molecule has 1 aromatic heterocycles. The van der Waals surface area contributed by atoms with Gasteiger partial charge in [-0.1, -0.05) is 36.0 Å². The van der Waals surface area contributed by atoms with E-state index in [9.17, 15) is 14.7 Å². The van der Waals surface area contributed by atoms with Crippen molar-refractivity contribution in [3.63, 3.8) is 0 Å². The van der Waals surface area contributed by atoms with Gasteiger partial charge in [0.05, 0.1) is 19.5 Å². The molecule has 0 aliphatic heterocycles. The maximum Gasteiger partial charge on any atom is 0.251 e. The zero-order valence-corrected chi connectivity index (χ0v) is 18.9. The summed E-state index contributed by atoms with van der Waals surface area (Å²) in [6, 6.07) is 15.0. The van der Waals surface area contributed by atoms with Gasteiger partial charge in [-0.3, -0.25) is 9.59 Å². The summed E-state index contributed by atoms with van der Waals surface area (Å²) < 4.78 is 6.82. The van der Waals surface area contributed by atoms with Crippen LogP contribution in [0.3, 0.4) is 0 Å². The topological polar surface area (TPSA) is 118 Å². The van der Waals surface area contributed by atoms with Crippen molar-refractivity contribution in [2.45, 2.75) is 17.7 Å². The second-order valence-corrected chi connectivity index (χ2v) is 7.82. The van der Waals surface area contributed by atoms with Gasteiger partial charge in [0.2, 0.25) is 5.91 Å². The molecule has 0 fully saturated rings. The second-order valence-electron chi connectivity index (χ2n) is 6.88. The standard InChI is InChI=1S/C23H25N5O4S/c1-3-13-28-21(19(14-29)25-22(31)16-9-11-18(32-2)12-10-16)26-27-23(28)33-15-20(30)24-17-7-5-4-6-8-17/h3-12,19,29H,1,13-15H2,2H3,(H,24,30)(H,25,31)/t19-/m0/s1. The van der Waals surface area contributed by atoms with Crippen molar-refractivity contribution in [2.24, 2.45) is 0 Å². The van der Waals surface area contributed by atoms with Crippen LogP contribution in [0.1, 0.15) is 22.2 Å². The average molecular weight is 468 g/mol.